The van der Waals surface area contributed by atoms with Crippen molar-refractivity contribution in [3.05, 3.63) is 29.6 Å². The topological polar surface area (TPSA) is 38.9 Å². The number of pyridine rings is 1. The largest absolute Gasteiger partial charge is 0.330 e. The molecule has 12 heavy (non-hydrogen) atoms. The van der Waals surface area contributed by atoms with Crippen LogP contribution in [0.4, 0.5) is 0 Å². The van der Waals surface area contributed by atoms with Crippen molar-refractivity contribution in [1.82, 2.24) is 4.98 Å². The maximum atomic E-state index is 5.67. The standard InChI is InChI=1S/C10H16N2/c1-8-5-4-6-12-9(8)10(2,3)7-11/h4-6H,7,11H2,1-3H3. The van der Waals surface area contributed by atoms with Gasteiger partial charge in [-0.2, -0.15) is 0 Å². The molecule has 0 amide bonds. The Morgan fingerprint density at radius 2 is 2.17 bits per heavy atom. The van der Waals surface area contributed by atoms with Gasteiger partial charge in [-0.15, -0.1) is 0 Å². The molecule has 0 atom stereocenters. The van der Waals surface area contributed by atoms with Gasteiger partial charge in [0, 0.05) is 18.2 Å². The maximum absolute atomic E-state index is 5.67. The quantitative estimate of drug-likeness (QED) is 0.721. The molecule has 0 spiro atoms. The number of hydrogen-bond donors (Lipinski definition) is 1. The molecule has 0 bridgehead atoms. The highest BCUT2D eigenvalue weighted by atomic mass is 14.7. The minimum atomic E-state index is -0.00859. The summed E-state index contributed by atoms with van der Waals surface area (Å²) in [6, 6.07) is 4.02. The van der Waals surface area contributed by atoms with E-state index in [4.69, 9.17) is 5.73 Å². The molecule has 1 aromatic rings. The Kier molecular flexibility index (Phi) is 2.48. The molecule has 0 unspecified atom stereocenters. The van der Waals surface area contributed by atoms with Crippen LogP contribution in [0.25, 0.3) is 0 Å². The van der Waals surface area contributed by atoms with E-state index in [9.17, 15) is 0 Å². The van der Waals surface area contributed by atoms with Gasteiger partial charge in [-0.1, -0.05) is 19.9 Å². The molecule has 1 heterocycles. The van der Waals surface area contributed by atoms with E-state index < -0.39 is 0 Å². The molecular formula is C10H16N2. The average molecular weight is 164 g/mol. The van der Waals surface area contributed by atoms with Crippen molar-refractivity contribution in [2.75, 3.05) is 6.54 Å². The van der Waals surface area contributed by atoms with Crippen LogP contribution in [-0.4, -0.2) is 11.5 Å². The number of nitrogens with two attached hydrogens (primary N) is 1. The van der Waals surface area contributed by atoms with Crippen LogP contribution >= 0.6 is 0 Å². The highest BCUT2D eigenvalue weighted by molar-refractivity contribution is 5.25. The first kappa shape index (κ1) is 9.20. The minimum absolute atomic E-state index is 0.00859. The van der Waals surface area contributed by atoms with E-state index in [1.165, 1.54) is 5.56 Å². The SMILES string of the molecule is Cc1cccnc1C(C)(C)CN. The normalized spacial score (nSPS) is 11.7. The van der Waals surface area contributed by atoms with Crippen LogP contribution in [0.5, 0.6) is 0 Å². The van der Waals surface area contributed by atoms with E-state index in [1.54, 1.807) is 0 Å². The molecule has 2 nitrogen and oxygen atoms in total. The van der Waals surface area contributed by atoms with E-state index in [2.05, 4.69) is 31.8 Å². The molecule has 0 aliphatic heterocycles. The highest BCUT2D eigenvalue weighted by Gasteiger charge is 2.21. The van der Waals surface area contributed by atoms with Crippen LogP contribution in [0.2, 0.25) is 0 Å². The minimum Gasteiger partial charge on any atom is -0.330 e. The van der Waals surface area contributed by atoms with Gasteiger partial charge in [-0.3, -0.25) is 4.98 Å². The van der Waals surface area contributed by atoms with Gasteiger partial charge in [0.1, 0.15) is 0 Å². The molecule has 0 aliphatic rings. The summed E-state index contributed by atoms with van der Waals surface area (Å²) in [7, 11) is 0. The zero-order valence-corrected chi connectivity index (χ0v) is 7.96. The van der Waals surface area contributed by atoms with Gasteiger partial charge in [-0.05, 0) is 18.6 Å². The molecule has 0 radical (unpaired) electrons. The summed E-state index contributed by atoms with van der Waals surface area (Å²) in [6.45, 7) is 6.93. The second kappa shape index (κ2) is 3.23. The van der Waals surface area contributed by atoms with Gasteiger partial charge in [0.25, 0.3) is 0 Å². The first-order chi connectivity index (χ1) is 5.58. The Bertz CT molecular complexity index is 266. The average Bonchev–Trinajstić information content (AvgIpc) is 2.05. The Morgan fingerprint density at radius 1 is 1.50 bits per heavy atom. The Hall–Kier alpha value is -0.890. The van der Waals surface area contributed by atoms with Crippen LogP contribution in [0.1, 0.15) is 25.1 Å². The van der Waals surface area contributed by atoms with Crippen LogP contribution in [0, 0.1) is 6.92 Å². The number of rotatable bonds is 2. The predicted molar refractivity (Wildman–Crippen MR) is 51.1 cm³/mol. The third kappa shape index (κ3) is 1.64. The van der Waals surface area contributed by atoms with Crippen molar-refractivity contribution in [3.63, 3.8) is 0 Å². The summed E-state index contributed by atoms with van der Waals surface area (Å²) in [5, 5.41) is 0. The lowest BCUT2D eigenvalue weighted by atomic mass is 9.86. The molecule has 0 saturated heterocycles. The van der Waals surface area contributed by atoms with Gasteiger partial charge in [0.05, 0.1) is 5.69 Å². The number of aromatic nitrogens is 1. The van der Waals surface area contributed by atoms with Gasteiger partial charge in [0.2, 0.25) is 0 Å². The molecule has 66 valence electrons. The second-order valence-corrected chi connectivity index (χ2v) is 3.76. The zero-order chi connectivity index (χ0) is 9.19. The molecule has 2 N–H and O–H groups in total. The van der Waals surface area contributed by atoms with Crippen molar-refractivity contribution >= 4 is 0 Å². The van der Waals surface area contributed by atoms with Crippen molar-refractivity contribution in [2.45, 2.75) is 26.2 Å². The van der Waals surface area contributed by atoms with Crippen molar-refractivity contribution in [1.29, 1.82) is 0 Å². The highest BCUT2D eigenvalue weighted by Crippen LogP contribution is 2.21. The monoisotopic (exact) mass is 164 g/mol. The second-order valence-electron chi connectivity index (χ2n) is 3.76. The van der Waals surface area contributed by atoms with Crippen LogP contribution in [-0.2, 0) is 5.41 Å². The van der Waals surface area contributed by atoms with Gasteiger partial charge >= 0.3 is 0 Å². The summed E-state index contributed by atoms with van der Waals surface area (Å²) < 4.78 is 0. The molecule has 0 aromatic carbocycles. The molecule has 1 aromatic heterocycles. The molecular weight excluding hydrogens is 148 g/mol. The molecule has 2 heteroatoms. The number of aryl methyl sites for hydroxylation is 1. The lowest BCUT2D eigenvalue weighted by Gasteiger charge is -2.23. The first-order valence-corrected chi connectivity index (χ1v) is 4.20. The van der Waals surface area contributed by atoms with E-state index in [1.807, 2.05) is 12.3 Å². The third-order valence-electron chi connectivity index (χ3n) is 2.16. The zero-order valence-electron chi connectivity index (χ0n) is 7.96. The first-order valence-electron chi connectivity index (χ1n) is 4.20. The van der Waals surface area contributed by atoms with Crippen LogP contribution in [0.15, 0.2) is 18.3 Å². The summed E-state index contributed by atoms with van der Waals surface area (Å²) >= 11 is 0. The lowest BCUT2D eigenvalue weighted by Crippen LogP contribution is -2.30. The van der Waals surface area contributed by atoms with Gasteiger partial charge in [-0.25, -0.2) is 0 Å². The molecule has 0 saturated carbocycles. The van der Waals surface area contributed by atoms with E-state index in [0.29, 0.717) is 6.54 Å². The third-order valence-corrected chi connectivity index (χ3v) is 2.16. The van der Waals surface area contributed by atoms with Crippen molar-refractivity contribution in [2.24, 2.45) is 5.73 Å². The van der Waals surface area contributed by atoms with E-state index >= 15 is 0 Å². The molecule has 1 rings (SSSR count). The lowest BCUT2D eigenvalue weighted by molar-refractivity contribution is 0.518. The van der Waals surface area contributed by atoms with Crippen molar-refractivity contribution < 1.29 is 0 Å². The Balaban J connectivity index is 3.10. The smallest absolute Gasteiger partial charge is 0.0501 e. The Labute approximate surface area is 73.8 Å². The summed E-state index contributed by atoms with van der Waals surface area (Å²) in [5.41, 5.74) is 7.98. The van der Waals surface area contributed by atoms with Crippen molar-refractivity contribution in [3.8, 4) is 0 Å². The van der Waals surface area contributed by atoms with Crippen LogP contribution in [0.3, 0.4) is 0 Å². The Morgan fingerprint density at radius 3 is 2.67 bits per heavy atom. The fraction of sp³-hybridized carbons (Fsp3) is 0.500. The summed E-state index contributed by atoms with van der Waals surface area (Å²) in [4.78, 5) is 4.34. The molecule has 0 fully saturated rings. The number of hydrogen-bond acceptors (Lipinski definition) is 2. The van der Waals surface area contributed by atoms with Gasteiger partial charge in [0.15, 0.2) is 0 Å². The fourth-order valence-corrected chi connectivity index (χ4v) is 1.29. The molecule has 0 aliphatic carbocycles. The summed E-state index contributed by atoms with van der Waals surface area (Å²) in [5.74, 6) is 0. The maximum Gasteiger partial charge on any atom is 0.0501 e. The van der Waals surface area contributed by atoms with Crippen LogP contribution < -0.4 is 5.73 Å². The van der Waals surface area contributed by atoms with Gasteiger partial charge < -0.3 is 5.73 Å². The fourth-order valence-electron chi connectivity index (χ4n) is 1.29. The summed E-state index contributed by atoms with van der Waals surface area (Å²) in [6.07, 6.45) is 1.82. The predicted octanol–water partition coefficient (Wildman–Crippen LogP) is 1.63. The number of nitrogens with zero attached hydrogens (tertiary/aromatic N) is 1. The van der Waals surface area contributed by atoms with E-state index in [0.717, 1.165) is 5.69 Å². The van der Waals surface area contributed by atoms with E-state index in [-0.39, 0.29) is 5.41 Å².